The van der Waals surface area contributed by atoms with Gasteiger partial charge in [0.25, 0.3) is 0 Å². The largest absolute Gasteiger partial charge is 0.490 e. The van der Waals surface area contributed by atoms with Gasteiger partial charge in [-0.2, -0.15) is 0 Å². The minimum Gasteiger partial charge on any atom is -0.490 e. The molecule has 17 heavy (non-hydrogen) atoms. The average Bonchev–Trinajstić information content (AvgIpc) is 2.75. The summed E-state index contributed by atoms with van der Waals surface area (Å²) in [6.07, 6.45) is -0.664. The van der Waals surface area contributed by atoms with Gasteiger partial charge in [0.1, 0.15) is 18.5 Å². The van der Waals surface area contributed by atoms with Crippen LogP contribution in [-0.2, 0) is 0 Å². The normalized spacial score (nSPS) is 12.4. The third-order valence-electron chi connectivity index (χ3n) is 2.14. The highest BCUT2D eigenvalue weighted by Crippen LogP contribution is 2.27. The summed E-state index contributed by atoms with van der Waals surface area (Å²) in [6, 6.07) is 10.6. The van der Waals surface area contributed by atoms with Crippen LogP contribution in [0.3, 0.4) is 0 Å². The Bertz CT molecular complexity index is 482. The molecule has 0 saturated carbocycles. The van der Waals surface area contributed by atoms with Gasteiger partial charge in [0.15, 0.2) is 0 Å². The van der Waals surface area contributed by atoms with E-state index in [0.29, 0.717) is 15.1 Å². The average molecular weight is 289 g/mol. The van der Waals surface area contributed by atoms with Gasteiger partial charge in [0, 0.05) is 9.90 Å². The molecule has 1 atom stereocenters. The molecule has 2 nitrogen and oxygen atoms in total. The minimum atomic E-state index is -0.664. The van der Waals surface area contributed by atoms with E-state index in [1.54, 1.807) is 36.4 Å². The molecular weight excluding hydrogens is 279 g/mol. The lowest BCUT2D eigenvalue weighted by Crippen LogP contribution is -2.08. The zero-order chi connectivity index (χ0) is 12.3. The van der Waals surface area contributed by atoms with E-state index in [4.69, 9.17) is 27.9 Å². The van der Waals surface area contributed by atoms with Crippen molar-refractivity contribution >= 4 is 34.5 Å². The fourth-order valence-corrected chi connectivity index (χ4v) is 2.45. The molecule has 1 aromatic carbocycles. The maximum Gasteiger partial charge on any atom is 0.122 e. The Hall–Kier alpha value is -0.740. The summed E-state index contributed by atoms with van der Waals surface area (Å²) in [5, 5.41) is 10.5. The topological polar surface area (TPSA) is 29.5 Å². The number of thiophene rings is 1. The van der Waals surface area contributed by atoms with E-state index in [2.05, 4.69) is 0 Å². The summed E-state index contributed by atoms with van der Waals surface area (Å²) in [4.78, 5) is 0.795. The first-order chi connectivity index (χ1) is 8.15. The summed E-state index contributed by atoms with van der Waals surface area (Å²) in [5.74, 6) is 0.677. The van der Waals surface area contributed by atoms with Crippen LogP contribution < -0.4 is 4.74 Å². The third kappa shape index (κ3) is 3.61. The molecule has 0 bridgehead atoms. The standard InChI is InChI=1S/C12H10Cl2O2S/c13-8-1-3-9(4-2-8)16-7-10(15)11-5-6-12(14)17-11/h1-6,10,15H,7H2. The van der Waals surface area contributed by atoms with Crippen LogP contribution in [0.25, 0.3) is 0 Å². The molecule has 5 heteroatoms. The Morgan fingerprint density at radius 1 is 1.12 bits per heavy atom. The minimum absolute atomic E-state index is 0.193. The maximum atomic E-state index is 9.85. The van der Waals surface area contributed by atoms with Gasteiger partial charge in [-0.15, -0.1) is 11.3 Å². The summed E-state index contributed by atoms with van der Waals surface area (Å²) in [5.41, 5.74) is 0. The van der Waals surface area contributed by atoms with E-state index in [9.17, 15) is 5.11 Å². The summed E-state index contributed by atoms with van der Waals surface area (Å²) in [6.45, 7) is 0.193. The molecule has 0 aliphatic carbocycles. The fourth-order valence-electron chi connectivity index (χ4n) is 1.30. The molecule has 90 valence electrons. The Morgan fingerprint density at radius 3 is 2.41 bits per heavy atom. The molecule has 0 aliphatic rings. The zero-order valence-electron chi connectivity index (χ0n) is 8.77. The van der Waals surface area contributed by atoms with E-state index < -0.39 is 6.10 Å². The van der Waals surface area contributed by atoms with E-state index in [-0.39, 0.29) is 6.61 Å². The van der Waals surface area contributed by atoms with Crippen molar-refractivity contribution in [2.45, 2.75) is 6.10 Å². The highest BCUT2D eigenvalue weighted by atomic mass is 35.5. The SMILES string of the molecule is OC(COc1ccc(Cl)cc1)c1ccc(Cl)s1. The van der Waals surface area contributed by atoms with Crippen LogP contribution in [-0.4, -0.2) is 11.7 Å². The van der Waals surface area contributed by atoms with Crippen LogP contribution in [0, 0.1) is 0 Å². The van der Waals surface area contributed by atoms with Crippen LogP contribution in [0.4, 0.5) is 0 Å². The quantitative estimate of drug-likeness (QED) is 0.915. The van der Waals surface area contributed by atoms with Crippen LogP contribution in [0.2, 0.25) is 9.36 Å². The molecule has 1 unspecified atom stereocenters. The molecule has 2 rings (SSSR count). The molecule has 0 saturated heterocycles. The van der Waals surface area contributed by atoms with Gasteiger partial charge in [-0.1, -0.05) is 23.2 Å². The third-order valence-corrected chi connectivity index (χ3v) is 3.73. The van der Waals surface area contributed by atoms with Gasteiger partial charge in [-0.05, 0) is 36.4 Å². The van der Waals surface area contributed by atoms with Crippen LogP contribution in [0.1, 0.15) is 11.0 Å². The van der Waals surface area contributed by atoms with Crippen molar-refractivity contribution in [3.05, 3.63) is 50.6 Å². The zero-order valence-corrected chi connectivity index (χ0v) is 11.1. The number of hydrogen-bond donors (Lipinski definition) is 1. The first kappa shape index (κ1) is 12.7. The molecule has 2 aromatic rings. The lowest BCUT2D eigenvalue weighted by molar-refractivity contribution is 0.111. The molecule has 0 spiro atoms. The number of halogens is 2. The van der Waals surface area contributed by atoms with Crippen LogP contribution in [0.5, 0.6) is 5.75 Å². The van der Waals surface area contributed by atoms with Gasteiger partial charge >= 0.3 is 0 Å². The van der Waals surface area contributed by atoms with Crippen molar-refractivity contribution in [1.29, 1.82) is 0 Å². The Labute approximate surface area is 113 Å². The predicted molar refractivity (Wildman–Crippen MR) is 71.2 cm³/mol. The van der Waals surface area contributed by atoms with Gasteiger partial charge in [-0.25, -0.2) is 0 Å². The second-order valence-electron chi connectivity index (χ2n) is 3.42. The van der Waals surface area contributed by atoms with Crippen molar-refractivity contribution in [1.82, 2.24) is 0 Å². The molecule has 1 heterocycles. The van der Waals surface area contributed by atoms with Crippen molar-refractivity contribution in [3.8, 4) is 5.75 Å². The number of rotatable bonds is 4. The fraction of sp³-hybridized carbons (Fsp3) is 0.167. The molecule has 1 N–H and O–H groups in total. The van der Waals surface area contributed by atoms with Crippen LogP contribution >= 0.6 is 34.5 Å². The lowest BCUT2D eigenvalue weighted by Gasteiger charge is -2.10. The monoisotopic (exact) mass is 288 g/mol. The molecule has 0 radical (unpaired) electrons. The highest BCUT2D eigenvalue weighted by Gasteiger charge is 2.10. The van der Waals surface area contributed by atoms with Gasteiger partial charge in [0.05, 0.1) is 4.34 Å². The maximum absolute atomic E-state index is 9.85. The van der Waals surface area contributed by atoms with E-state index in [1.807, 2.05) is 0 Å². The number of aliphatic hydroxyl groups is 1. The number of aliphatic hydroxyl groups excluding tert-OH is 1. The van der Waals surface area contributed by atoms with Crippen molar-refractivity contribution < 1.29 is 9.84 Å². The van der Waals surface area contributed by atoms with E-state index in [0.717, 1.165) is 4.88 Å². The summed E-state index contributed by atoms with van der Waals surface area (Å²) in [7, 11) is 0. The second kappa shape index (κ2) is 5.74. The van der Waals surface area contributed by atoms with Gasteiger partial charge in [0.2, 0.25) is 0 Å². The second-order valence-corrected chi connectivity index (χ2v) is 5.61. The van der Waals surface area contributed by atoms with Gasteiger partial charge < -0.3 is 9.84 Å². The molecule has 1 aromatic heterocycles. The smallest absolute Gasteiger partial charge is 0.122 e. The highest BCUT2D eigenvalue weighted by molar-refractivity contribution is 7.16. The van der Waals surface area contributed by atoms with E-state index in [1.165, 1.54) is 11.3 Å². The van der Waals surface area contributed by atoms with E-state index >= 15 is 0 Å². The molecule has 0 aliphatic heterocycles. The summed E-state index contributed by atoms with van der Waals surface area (Å²) >= 11 is 12.9. The van der Waals surface area contributed by atoms with Crippen molar-refractivity contribution in [3.63, 3.8) is 0 Å². The lowest BCUT2D eigenvalue weighted by atomic mass is 10.3. The number of ether oxygens (including phenoxy) is 1. The van der Waals surface area contributed by atoms with Crippen LogP contribution in [0.15, 0.2) is 36.4 Å². The first-order valence-electron chi connectivity index (χ1n) is 4.97. The molecule has 0 fully saturated rings. The predicted octanol–water partition coefficient (Wildman–Crippen LogP) is 4.17. The van der Waals surface area contributed by atoms with Gasteiger partial charge in [-0.3, -0.25) is 0 Å². The Morgan fingerprint density at radius 2 is 1.82 bits per heavy atom. The number of benzene rings is 1. The number of hydrogen-bond acceptors (Lipinski definition) is 3. The first-order valence-corrected chi connectivity index (χ1v) is 6.54. The Balaban J connectivity index is 1.92. The summed E-state index contributed by atoms with van der Waals surface area (Å²) < 4.78 is 6.10. The molecular formula is C12H10Cl2O2S. The molecule has 0 amide bonds. The Kier molecular flexibility index (Phi) is 4.29. The van der Waals surface area contributed by atoms with Crippen molar-refractivity contribution in [2.75, 3.05) is 6.61 Å². The van der Waals surface area contributed by atoms with Crippen molar-refractivity contribution in [2.24, 2.45) is 0 Å².